The molecule has 0 saturated heterocycles. The van der Waals surface area contributed by atoms with Gasteiger partial charge in [0.15, 0.2) is 0 Å². The first-order chi connectivity index (χ1) is 6.68. The normalized spacial score (nSPS) is 10.1. The standard InChI is InChI=1S/C10H11FNOS/c11-9-3-1-8(2-4-9)7-14-6-5-10(12)13/h1-5H,6-7H2,(H2,12,13). The lowest BCUT2D eigenvalue weighted by Gasteiger charge is -1.99. The predicted molar refractivity (Wildman–Crippen MR) is 56.1 cm³/mol. The molecule has 2 N–H and O–H groups in total. The molecule has 0 aromatic heterocycles. The number of primary amides is 1. The van der Waals surface area contributed by atoms with Gasteiger partial charge < -0.3 is 5.73 Å². The number of thioether (sulfide) groups is 1. The van der Waals surface area contributed by atoms with Crippen LogP contribution in [0.3, 0.4) is 0 Å². The van der Waals surface area contributed by atoms with E-state index in [2.05, 4.69) is 0 Å². The topological polar surface area (TPSA) is 43.1 Å². The molecule has 0 atom stereocenters. The molecule has 1 aromatic carbocycles. The summed E-state index contributed by atoms with van der Waals surface area (Å²) in [6.07, 6.45) is 1.42. The van der Waals surface area contributed by atoms with Crippen LogP contribution < -0.4 is 5.73 Å². The first-order valence-corrected chi connectivity index (χ1v) is 5.29. The molecular weight excluding hydrogens is 201 g/mol. The molecule has 1 radical (unpaired) electrons. The van der Waals surface area contributed by atoms with E-state index in [9.17, 15) is 9.18 Å². The smallest absolute Gasteiger partial charge is 0.222 e. The van der Waals surface area contributed by atoms with Gasteiger partial charge in [0.1, 0.15) is 5.82 Å². The molecule has 0 unspecified atom stereocenters. The van der Waals surface area contributed by atoms with E-state index in [1.807, 2.05) is 0 Å². The molecule has 75 valence electrons. The fraction of sp³-hybridized carbons (Fsp3) is 0.200. The summed E-state index contributed by atoms with van der Waals surface area (Å²) in [7, 11) is 0. The first-order valence-electron chi connectivity index (χ1n) is 4.13. The first kappa shape index (κ1) is 11.0. The summed E-state index contributed by atoms with van der Waals surface area (Å²) in [5, 5.41) is 0. The van der Waals surface area contributed by atoms with Gasteiger partial charge in [-0.1, -0.05) is 12.1 Å². The summed E-state index contributed by atoms with van der Waals surface area (Å²) in [5.74, 6) is 0.704. The summed E-state index contributed by atoms with van der Waals surface area (Å²) in [4.78, 5) is 10.4. The zero-order valence-electron chi connectivity index (χ0n) is 7.57. The van der Waals surface area contributed by atoms with Gasteiger partial charge in [0.2, 0.25) is 5.91 Å². The van der Waals surface area contributed by atoms with E-state index in [1.54, 1.807) is 23.9 Å². The lowest BCUT2D eigenvalue weighted by molar-refractivity contribution is -0.114. The summed E-state index contributed by atoms with van der Waals surface area (Å²) < 4.78 is 12.5. The van der Waals surface area contributed by atoms with Crippen molar-refractivity contribution in [2.24, 2.45) is 5.73 Å². The van der Waals surface area contributed by atoms with E-state index in [1.165, 1.54) is 18.6 Å². The number of carbonyl (C=O) groups excluding carboxylic acids is 1. The van der Waals surface area contributed by atoms with Crippen molar-refractivity contribution >= 4 is 17.7 Å². The van der Waals surface area contributed by atoms with Gasteiger partial charge in [-0.25, -0.2) is 4.39 Å². The molecule has 0 bridgehead atoms. The Morgan fingerprint density at radius 3 is 2.64 bits per heavy atom. The van der Waals surface area contributed by atoms with Crippen molar-refractivity contribution in [3.05, 3.63) is 42.1 Å². The SMILES string of the molecule is NC(=O)[CH]CSCc1ccc(F)cc1. The van der Waals surface area contributed by atoms with E-state index in [4.69, 9.17) is 5.73 Å². The molecule has 0 heterocycles. The highest BCUT2D eigenvalue weighted by atomic mass is 32.2. The predicted octanol–water partition coefficient (Wildman–Crippen LogP) is 1.75. The van der Waals surface area contributed by atoms with Crippen molar-refractivity contribution in [2.75, 3.05) is 5.75 Å². The van der Waals surface area contributed by atoms with Gasteiger partial charge in [-0.2, -0.15) is 11.8 Å². The average molecular weight is 212 g/mol. The van der Waals surface area contributed by atoms with Crippen LogP contribution in [0.4, 0.5) is 4.39 Å². The number of carbonyl (C=O) groups is 1. The molecule has 0 spiro atoms. The third-order valence-electron chi connectivity index (χ3n) is 1.58. The third kappa shape index (κ3) is 4.28. The summed E-state index contributed by atoms with van der Waals surface area (Å²) in [5.41, 5.74) is 5.97. The van der Waals surface area contributed by atoms with Gasteiger partial charge in [-0.3, -0.25) is 4.79 Å². The summed E-state index contributed by atoms with van der Waals surface area (Å²) >= 11 is 1.56. The Kier molecular flexibility index (Phi) is 4.46. The van der Waals surface area contributed by atoms with Crippen molar-refractivity contribution in [2.45, 2.75) is 5.75 Å². The van der Waals surface area contributed by atoms with Crippen LogP contribution in [0.2, 0.25) is 0 Å². The number of halogens is 1. The Bertz CT molecular complexity index is 299. The molecule has 0 aliphatic carbocycles. The number of hydrogen-bond donors (Lipinski definition) is 1. The van der Waals surface area contributed by atoms with Crippen LogP contribution in [0.25, 0.3) is 0 Å². The van der Waals surface area contributed by atoms with Crippen LogP contribution in [0, 0.1) is 12.2 Å². The second-order valence-electron chi connectivity index (χ2n) is 2.75. The molecule has 1 amide bonds. The summed E-state index contributed by atoms with van der Waals surface area (Å²) in [6.45, 7) is 0. The third-order valence-corrected chi connectivity index (χ3v) is 2.52. The second-order valence-corrected chi connectivity index (χ2v) is 3.78. The van der Waals surface area contributed by atoms with Crippen molar-refractivity contribution in [1.29, 1.82) is 0 Å². The minimum atomic E-state index is -0.406. The van der Waals surface area contributed by atoms with Crippen LogP contribution >= 0.6 is 11.8 Å². The molecule has 0 aliphatic heterocycles. The Balaban J connectivity index is 2.25. The van der Waals surface area contributed by atoms with Crippen molar-refractivity contribution in [1.82, 2.24) is 0 Å². The number of hydrogen-bond acceptors (Lipinski definition) is 2. The van der Waals surface area contributed by atoms with Crippen LogP contribution in [0.1, 0.15) is 5.56 Å². The van der Waals surface area contributed by atoms with E-state index in [-0.39, 0.29) is 5.82 Å². The van der Waals surface area contributed by atoms with Crippen molar-refractivity contribution < 1.29 is 9.18 Å². The Morgan fingerprint density at radius 1 is 1.43 bits per heavy atom. The van der Waals surface area contributed by atoms with Crippen LogP contribution in [0.5, 0.6) is 0 Å². The highest BCUT2D eigenvalue weighted by Crippen LogP contribution is 2.12. The largest absolute Gasteiger partial charge is 0.369 e. The minimum Gasteiger partial charge on any atom is -0.369 e. The fourth-order valence-electron chi connectivity index (χ4n) is 0.898. The van der Waals surface area contributed by atoms with Crippen molar-refractivity contribution in [3.63, 3.8) is 0 Å². The number of amides is 1. The zero-order valence-corrected chi connectivity index (χ0v) is 8.39. The van der Waals surface area contributed by atoms with Gasteiger partial charge in [-0.05, 0) is 17.7 Å². The molecule has 14 heavy (non-hydrogen) atoms. The Labute approximate surface area is 86.7 Å². The maximum Gasteiger partial charge on any atom is 0.222 e. The monoisotopic (exact) mass is 212 g/mol. The van der Waals surface area contributed by atoms with E-state index >= 15 is 0 Å². The Hall–Kier alpha value is -1.03. The van der Waals surface area contributed by atoms with E-state index in [0.717, 1.165) is 11.3 Å². The van der Waals surface area contributed by atoms with Gasteiger partial charge in [-0.15, -0.1) is 0 Å². The maximum absolute atomic E-state index is 12.5. The second kappa shape index (κ2) is 5.65. The highest BCUT2D eigenvalue weighted by Gasteiger charge is 1.97. The highest BCUT2D eigenvalue weighted by molar-refractivity contribution is 7.98. The number of rotatable bonds is 5. The quantitative estimate of drug-likeness (QED) is 0.755. The fourth-order valence-corrected chi connectivity index (χ4v) is 1.73. The van der Waals surface area contributed by atoms with E-state index < -0.39 is 5.91 Å². The minimum absolute atomic E-state index is 0.234. The van der Waals surface area contributed by atoms with Crippen molar-refractivity contribution in [3.8, 4) is 0 Å². The molecular formula is C10H11FNOS. The molecule has 1 rings (SSSR count). The van der Waals surface area contributed by atoms with Crippen LogP contribution in [-0.4, -0.2) is 11.7 Å². The zero-order chi connectivity index (χ0) is 10.4. The van der Waals surface area contributed by atoms with Gasteiger partial charge in [0.25, 0.3) is 0 Å². The molecule has 1 aromatic rings. The molecule has 4 heteroatoms. The molecule has 2 nitrogen and oxygen atoms in total. The van der Waals surface area contributed by atoms with E-state index in [0.29, 0.717) is 5.75 Å². The maximum atomic E-state index is 12.5. The lowest BCUT2D eigenvalue weighted by atomic mass is 10.2. The summed E-state index contributed by atoms with van der Waals surface area (Å²) in [6, 6.07) is 6.31. The molecule has 0 aliphatic rings. The molecule has 0 saturated carbocycles. The Morgan fingerprint density at radius 2 is 2.07 bits per heavy atom. The van der Waals surface area contributed by atoms with Gasteiger partial charge >= 0.3 is 0 Å². The van der Waals surface area contributed by atoms with Gasteiger partial charge in [0.05, 0.1) is 6.42 Å². The van der Waals surface area contributed by atoms with Crippen LogP contribution in [0.15, 0.2) is 24.3 Å². The molecule has 0 fully saturated rings. The number of benzene rings is 1. The van der Waals surface area contributed by atoms with Crippen LogP contribution in [-0.2, 0) is 10.5 Å². The average Bonchev–Trinajstić information content (AvgIpc) is 2.15. The number of nitrogens with two attached hydrogens (primary N) is 1. The van der Waals surface area contributed by atoms with Gasteiger partial charge in [0, 0.05) is 11.5 Å². The lowest BCUT2D eigenvalue weighted by Crippen LogP contribution is -2.11.